The molecule has 1 unspecified atom stereocenters. The van der Waals surface area contributed by atoms with E-state index in [9.17, 15) is 0 Å². The Labute approximate surface area is 115 Å². The van der Waals surface area contributed by atoms with E-state index in [1.807, 2.05) is 0 Å². The van der Waals surface area contributed by atoms with Gasteiger partial charge in [0.2, 0.25) is 5.95 Å². The number of hydrogen-bond donors (Lipinski definition) is 1. The first kappa shape index (κ1) is 15.2. The molecule has 1 aromatic heterocycles. The highest BCUT2D eigenvalue weighted by atomic mass is 32.1. The predicted molar refractivity (Wildman–Crippen MR) is 78.7 cm³/mol. The number of rotatable bonds is 7. The molecular formula is C12H25N5S. The Kier molecular flexibility index (Phi) is 5.81. The molecule has 18 heavy (non-hydrogen) atoms. The average molecular weight is 271 g/mol. The number of nitrogens with one attached hydrogen (secondary N) is 1. The van der Waals surface area contributed by atoms with Gasteiger partial charge in [-0.3, -0.25) is 4.57 Å². The Bertz CT molecular complexity index is 409. The fourth-order valence-corrected chi connectivity index (χ4v) is 2.45. The summed E-state index contributed by atoms with van der Waals surface area (Å²) in [6, 6.07) is 0.408. The molecule has 0 aliphatic rings. The minimum absolute atomic E-state index is 0.408. The van der Waals surface area contributed by atoms with Crippen molar-refractivity contribution >= 4 is 18.2 Å². The van der Waals surface area contributed by atoms with Crippen LogP contribution in [-0.2, 0) is 6.54 Å². The molecule has 0 aliphatic carbocycles. The summed E-state index contributed by atoms with van der Waals surface area (Å²) in [4.78, 5) is 4.49. The normalized spacial score (nSPS) is 13.0. The number of aromatic nitrogens is 3. The van der Waals surface area contributed by atoms with Crippen LogP contribution in [0.15, 0.2) is 0 Å². The molecule has 0 aliphatic heterocycles. The summed E-state index contributed by atoms with van der Waals surface area (Å²) >= 11 is 5.29. The maximum absolute atomic E-state index is 5.29. The summed E-state index contributed by atoms with van der Waals surface area (Å²) in [5.41, 5.74) is 0. The number of H-pyrrole nitrogens is 1. The van der Waals surface area contributed by atoms with Gasteiger partial charge in [-0.1, -0.05) is 6.92 Å². The van der Waals surface area contributed by atoms with Crippen molar-refractivity contribution in [3.05, 3.63) is 4.77 Å². The Morgan fingerprint density at radius 3 is 2.56 bits per heavy atom. The molecule has 104 valence electrons. The van der Waals surface area contributed by atoms with Gasteiger partial charge in [0.15, 0.2) is 4.77 Å². The number of aromatic amines is 1. The van der Waals surface area contributed by atoms with Crippen molar-refractivity contribution in [1.29, 1.82) is 0 Å². The van der Waals surface area contributed by atoms with Crippen molar-refractivity contribution in [2.75, 3.05) is 32.1 Å². The van der Waals surface area contributed by atoms with E-state index in [0.29, 0.717) is 10.8 Å². The maximum atomic E-state index is 5.29. The summed E-state index contributed by atoms with van der Waals surface area (Å²) in [6.45, 7) is 9.36. The van der Waals surface area contributed by atoms with Gasteiger partial charge in [-0.2, -0.15) is 0 Å². The molecule has 0 bridgehead atoms. The Morgan fingerprint density at radius 2 is 2.06 bits per heavy atom. The molecule has 1 heterocycles. The molecule has 0 saturated heterocycles. The van der Waals surface area contributed by atoms with Gasteiger partial charge in [-0.25, -0.2) is 5.10 Å². The number of hydrogen-bond acceptors (Lipinski definition) is 4. The fraction of sp³-hybridized carbons (Fsp3) is 0.833. The minimum atomic E-state index is 0.408. The summed E-state index contributed by atoms with van der Waals surface area (Å²) in [7, 11) is 4.18. The van der Waals surface area contributed by atoms with Gasteiger partial charge in [-0.15, -0.1) is 5.10 Å². The van der Waals surface area contributed by atoms with Gasteiger partial charge in [-0.05, 0) is 46.6 Å². The number of likely N-dealkylation sites (N-methyl/N-ethyl adjacent to an activating group) is 2. The van der Waals surface area contributed by atoms with Crippen molar-refractivity contribution in [3.63, 3.8) is 0 Å². The summed E-state index contributed by atoms with van der Waals surface area (Å²) < 4.78 is 2.80. The van der Waals surface area contributed by atoms with E-state index in [2.05, 4.69) is 59.4 Å². The minimum Gasteiger partial charge on any atom is -0.337 e. The lowest BCUT2D eigenvalue weighted by Gasteiger charge is -2.30. The first-order chi connectivity index (χ1) is 8.51. The largest absolute Gasteiger partial charge is 0.337 e. The third-order valence-electron chi connectivity index (χ3n) is 2.94. The van der Waals surface area contributed by atoms with Crippen molar-refractivity contribution in [2.45, 2.75) is 39.8 Å². The second kappa shape index (κ2) is 6.89. The van der Waals surface area contributed by atoms with Crippen molar-refractivity contribution in [1.82, 2.24) is 19.7 Å². The Balaban J connectivity index is 2.97. The van der Waals surface area contributed by atoms with E-state index in [0.717, 1.165) is 32.0 Å². The summed E-state index contributed by atoms with van der Waals surface area (Å²) in [5, 5.41) is 7.29. The number of anilines is 1. The van der Waals surface area contributed by atoms with E-state index in [1.54, 1.807) is 0 Å². The molecule has 0 amide bonds. The topological polar surface area (TPSA) is 40.1 Å². The molecular weight excluding hydrogens is 246 g/mol. The highest BCUT2D eigenvalue weighted by Gasteiger charge is 2.19. The second-order valence-corrected chi connectivity index (χ2v) is 5.26. The summed E-state index contributed by atoms with van der Waals surface area (Å²) in [5.74, 6) is 0.957. The summed E-state index contributed by atoms with van der Waals surface area (Å²) in [6.07, 6.45) is 1.06. The molecule has 0 saturated carbocycles. The van der Waals surface area contributed by atoms with Gasteiger partial charge in [0.25, 0.3) is 0 Å². The Morgan fingerprint density at radius 1 is 1.39 bits per heavy atom. The van der Waals surface area contributed by atoms with E-state index >= 15 is 0 Å². The first-order valence-corrected chi connectivity index (χ1v) is 6.98. The third-order valence-corrected chi connectivity index (χ3v) is 3.26. The van der Waals surface area contributed by atoms with Crippen LogP contribution >= 0.6 is 12.2 Å². The maximum Gasteiger partial charge on any atom is 0.225 e. The van der Waals surface area contributed by atoms with Gasteiger partial charge < -0.3 is 9.80 Å². The highest BCUT2D eigenvalue weighted by molar-refractivity contribution is 7.71. The monoisotopic (exact) mass is 271 g/mol. The van der Waals surface area contributed by atoms with E-state index in [4.69, 9.17) is 12.2 Å². The van der Waals surface area contributed by atoms with Crippen LogP contribution in [0.2, 0.25) is 0 Å². The van der Waals surface area contributed by atoms with Crippen molar-refractivity contribution in [2.24, 2.45) is 0 Å². The van der Waals surface area contributed by atoms with E-state index in [1.165, 1.54) is 0 Å². The lowest BCUT2D eigenvalue weighted by atomic mass is 10.3. The average Bonchev–Trinajstić information content (AvgIpc) is 2.62. The van der Waals surface area contributed by atoms with Crippen LogP contribution in [0.1, 0.15) is 27.2 Å². The van der Waals surface area contributed by atoms with Gasteiger partial charge >= 0.3 is 0 Å². The van der Waals surface area contributed by atoms with Crippen LogP contribution in [0.3, 0.4) is 0 Å². The lowest BCUT2D eigenvalue weighted by Crippen LogP contribution is -2.41. The fourth-order valence-electron chi connectivity index (χ4n) is 2.23. The molecule has 1 atom stereocenters. The highest BCUT2D eigenvalue weighted by Crippen LogP contribution is 2.15. The standard InChI is InChI=1S/C12H25N5S/c1-6-8-17-11(13-14-12(17)18)16(7-2)10(3)9-15(4)5/h10H,6-9H2,1-5H3,(H,14,18). The zero-order chi connectivity index (χ0) is 13.7. The van der Waals surface area contributed by atoms with Gasteiger partial charge in [0.05, 0.1) is 0 Å². The van der Waals surface area contributed by atoms with Gasteiger partial charge in [0, 0.05) is 25.7 Å². The zero-order valence-corrected chi connectivity index (χ0v) is 12.9. The SMILES string of the molecule is CCCn1c(N(CC)C(C)CN(C)C)n[nH]c1=S. The molecule has 5 nitrogen and oxygen atoms in total. The van der Waals surface area contributed by atoms with Crippen molar-refractivity contribution in [3.8, 4) is 0 Å². The third kappa shape index (κ3) is 3.55. The van der Waals surface area contributed by atoms with Crippen LogP contribution in [0.25, 0.3) is 0 Å². The van der Waals surface area contributed by atoms with Crippen molar-refractivity contribution < 1.29 is 0 Å². The van der Waals surface area contributed by atoms with Crippen LogP contribution in [-0.4, -0.2) is 52.9 Å². The Hall–Kier alpha value is -0.880. The lowest BCUT2D eigenvalue weighted by molar-refractivity contribution is 0.369. The molecule has 1 rings (SSSR count). The number of nitrogens with zero attached hydrogens (tertiary/aromatic N) is 4. The van der Waals surface area contributed by atoms with Crippen LogP contribution in [0.5, 0.6) is 0 Å². The molecule has 0 fully saturated rings. The van der Waals surface area contributed by atoms with E-state index in [-0.39, 0.29) is 0 Å². The molecule has 1 aromatic rings. The molecule has 0 radical (unpaired) electrons. The van der Waals surface area contributed by atoms with Crippen LogP contribution < -0.4 is 4.90 Å². The molecule has 0 spiro atoms. The van der Waals surface area contributed by atoms with Crippen LogP contribution in [0.4, 0.5) is 5.95 Å². The molecule has 6 heteroatoms. The smallest absolute Gasteiger partial charge is 0.225 e. The molecule has 1 N–H and O–H groups in total. The predicted octanol–water partition coefficient (Wildman–Crippen LogP) is 2.13. The quantitative estimate of drug-likeness (QED) is 0.771. The van der Waals surface area contributed by atoms with Gasteiger partial charge in [0.1, 0.15) is 0 Å². The first-order valence-electron chi connectivity index (χ1n) is 6.57. The van der Waals surface area contributed by atoms with E-state index < -0.39 is 0 Å². The molecule has 0 aromatic carbocycles. The second-order valence-electron chi connectivity index (χ2n) is 4.88. The zero-order valence-electron chi connectivity index (χ0n) is 12.1. The van der Waals surface area contributed by atoms with Crippen LogP contribution in [0, 0.1) is 4.77 Å².